The molecule has 186 valence electrons. The molecule has 0 bridgehead atoms. The highest BCUT2D eigenvalue weighted by Gasteiger charge is 2.48. The second-order valence-corrected chi connectivity index (χ2v) is 9.23. The fourth-order valence-electron chi connectivity index (χ4n) is 5.23. The van der Waals surface area contributed by atoms with Crippen molar-refractivity contribution in [2.45, 2.75) is 25.1 Å². The van der Waals surface area contributed by atoms with Crippen LogP contribution in [0.4, 0.5) is 0 Å². The van der Waals surface area contributed by atoms with Crippen LogP contribution in [0.2, 0.25) is 0 Å². The molecular formula is C32H29NO4. The van der Waals surface area contributed by atoms with Crippen LogP contribution < -0.4 is 5.32 Å². The number of carbonyl (C=O) groups is 2. The summed E-state index contributed by atoms with van der Waals surface area (Å²) in [7, 11) is 1.33. The number of benzene rings is 4. The lowest BCUT2D eigenvalue weighted by Crippen LogP contribution is -2.56. The number of methoxy groups -OCH3 is 1. The van der Waals surface area contributed by atoms with E-state index in [-0.39, 0.29) is 6.61 Å². The summed E-state index contributed by atoms with van der Waals surface area (Å²) >= 11 is 0. The predicted molar refractivity (Wildman–Crippen MR) is 143 cm³/mol. The van der Waals surface area contributed by atoms with Crippen LogP contribution in [0.1, 0.15) is 29.2 Å². The Morgan fingerprint density at radius 1 is 0.730 bits per heavy atom. The van der Waals surface area contributed by atoms with Gasteiger partial charge in [-0.2, -0.15) is 0 Å². The maximum atomic E-state index is 13.7. The lowest BCUT2D eigenvalue weighted by atomic mass is 9.79. The second kappa shape index (κ2) is 10.4. The van der Waals surface area contributed by atoms with Crippen LogP contribution >= 0.6 is 0 Å². The highest BCUT2D eigenvalue weighted by molar-refractivity contribution is 5.87. The van der Waals surface area contributed by atoms with E-state index in [1.54, 1.807) is 6.92 Å². The highest BCUT2D eigenvalue weighted by atomic mass is 16.5. The molecule has 0 aromatic heterocycles. The van der Waals surface area contributed by atoms with E-state index in [4.69, 9.17) is 9.47 Å². The van der Waals surface area contributed by atoms with Gasteiger partial charge >= 0.3 is 11.9 Å². The zero-order valence-corrected chi connectivity index (χ0v) is 20.9. The van der Waals surface area contributed by atoms with Crippen molar-refractivity contribution in [2.24, 2.45) is 5.92 Å². The highest BCUT2D eigenvalue weighted by Crippen LogP contribution is 2.51. The molecule has 2 atom stereocenters. The minimum Gasteiger partial charge on any atom is -0.469 e. The van der Waals surface area contributed by atoms with Crippen molar-refractivity contribution in [3.05, 3.63) is 131 Å². The van der Waals surface area contributed by atoms with Gasteiger partial charge in [0.25, 0.3) is 0 Å². The van der Waals surface area contributed by atoms with Gasteiger partial charge < -0.3 is 9.47 Å². The SMILES string of the molecule is COC(=O)C(C)[C@H](NC1(c2ccccc2)c2ccccc2-c2ccccc21)C(=O)OCc1ccccc1. The summed E-state index contributed by atoms with van der Waals surface area (Å²) in [5.74, 6) is -1.80. The van der Waals surface area contributed by atoms with E-state index in [1.807, 2.05) is 84.9 Å². The normalized spacial score (nSPS) is 14.6. The Bertz CT molecular complexity index is 1360. The molecule has 0 spiro atoms. The van der Waals surface area contributed by atoms with Gasteiger partial charge in [0.2, 0.25) is 0 Å². The molecule has 5 rings (SSSR count). The number of nitrogens with one attached hydrogen (secondary N) is 1. The van der Waals surface area contributed by atoms with E-state index in [0.717, 1.165) is 33.4 Å². The summed E-state index contributed by atoms with van der Waals surface area (Å²) in [6.07, 6.45) is 0. The number of ether oxygens (including phenoxy) is 2. The van der Waals surface area contributed by atoms with Crippen molar-refractivity contribution in [3.8, 4) is 11.1 Å². The van der Waals surface area contributed by atoms with Gasteiger partial charge in [-0.05, 0) is 40.3 Å². The van der Waals surface area contributed by atoms with Crippen LogP contribution in [0.3, 0.4) is 0 Å². The van der Waals surface area contributed by atoms with Crippen molar-refractivity contribution in [2.75, 3.05) is 7.11 Å². The molecule has 37 heavy (non-hydrogen) atoms. The van der Waals surface area contributed by atoms with Crippen molar-refractivity contribution in [1.82, 2.24) is 5.32 Å². The number of fused-ring (bicyclic) bond motifs is 3. The van der Waals surface area contributed by atoms with Crippen molar-refractivity contribution in [3.63, 3.8) is 0 Å². The third kappa shape index (κ3) is 4.43. The second-order valence-electron chi connectivity index (χ2n) is 9.23. The summed E-state index contributed by atoms with van der Waals surface area (Å²) in [6, 6.07) is 34.9. The summed E-state index contributed by atoms with van der Waals surface area (Å²) in [5, 5.41) is 3.63. The molecule has 1 aliphatic rings. The fraction of sp³-hybridized carbons (Fsp3) is 0.188. The van der Waals surface area contributed by atoms with E-state index in [1.165, 1.54) is 7.11 Å². The number of hydrogen-bond acceptors (Lipinski definition) is 5. The first-order chi connectivity index (χ1) is 18.1. The molecular weight excluding hydrogens is 462 g/mol. The molecule has 0 fully saturated rings. The monoisotopic (exact) mass is 491 g/mol. The zero-order chi connectivity index (χ0) is 25.8. The van der Waals surface area contributed by atoms with Gasteiger partial charge in [0.15, 0.2) is 0 Å². The van der Waals surface area contributed by atoms with Crippen molar-refractivity contribution < 1.29 is 19.1 Å². The van der Waals surface area contributed by atoms with Crippen LogP contribution in [0.15, 0.2) is 109 Å². The van der Waals surface area contributed by atoms with Crippen molar-refractivity contribution in [1.29, 1.82) is 0 Å². The van der Waals surface area contributed by atoms with Gasteiger partial charge in [0.05, 0.1) is 18.6 Å². The minimum absolute atomic E-state index is 0.108. The largest absolute Gasteiger partial charge is 0.469 e. The molecule has 4 aromatic rings. The molecule has 4 aromatic carbocycles. The average Bonchev–Trinajstić information content (AvgIpc) is 3.25. The van der Waals surface area contributed by atoms with E-state index >= 15 is 0 Å². The molecule has 5 nitrogen and oxygen atoms in total. The molecule has 0 aliphatic heterocycles. The quantitative estimate of drug-likeness (QED) is 0.331. The van der Waals surface area contributed by atoms with E-state index in [9.17, 15) is 9.59 Å². The Hall–Kier alpha value is -4.22. The lowest BCUT2D eigenvalue weighted by Gasteiger charge is -2.38. The Balaban J connectivity index is 1.63. The summed E-state index contributed by atoms with van der Waals surface area (Å²) < 4.78 is 10.8. The fourth-order valence-corrected chi connectivity index (χ4v) is 5.23. The number of rotatable bonds is 8. The third-order valence-corrected chi connectivity index (χ3v) is 7.08. The maximum Gasteiger partial charge on any atom is 0.324 e. The predicted octanol–water partition coefficient (Wildman–Crippen LogP) is 5.47. The Labute approximate surface area is 217 Å². The first-order valence-corrected chi connectivity index (χ1v) is 12.4. The van der Waals surface area contributed by atoms with Crippen LogP contribution in [0, 0.1) is 5.92 Å². The van der Waals surface area contributed by atoms with Gasteiger partial charge in [0, 0.05) is 0 Å². The molecule has 0 radical (unpaired) electrons. The van der Waals surface area contributed by atoms with E-state index < -0.39 is 29.4 Å². The minimum atomic E-state index is -0.976. The number of hydrogen-bond donors (Lipinski definition) is 1. The first-order valence-electron chi connectivity index (χ1n) is 12.4. The Morgan fingerprint density at radius 3 is 1.81 bits per heavy atom. The van der Waals surface area contributed by atoms with Gasteiger partial charge in [-0.1, -0.05) is 109 Å². The van der Waals surface area contributed by atoms with Gasteiger partial charge in [-0.25, -0.2) is 0 Å². The average molecular weight is 492 g/mol. The molecule has 0 saturated carbocycles. The Morgan fingerprint density at radius 2 is 1.24 bits per heavy atom. The molecule has 1 N–H and O–H groups in total. The zero-order valence-electron chi connectivity index (χ0n) is 20.9. The Kier molecular flexibility index (Phi) is 6.89. The van der Waals surface area contributed by atoms with Crippen LogP contribution in [0.25, 0.3) is 11.1 Å². The number of esters is 2. The maximum absolute atomic E-state index is 13.7. The third-order valence-electron chi connectivity index (χ3n) is 7.08. The van der Waals surface area contributed by atoms with Crippen LogP contribution in [-0.2, 0) is 31.2 Å². The summed E-state index contributed by atoms with van der Waals surface area (Å²) in [5.41, 5.74) is 5.14. The molecule has 1 aliphatic carbocycles. The summed E-state index contributed by atoms with van der Waals surface area (Å²) in [4.78, 5) is 26.4. The summed E-state index contributed by atoms with van der Waals surface area (Å²) in [6.45, 7) is 1.80. The van der Waals surface area contributed by atoms with Crippen LogP contribution in [-0.4, -0.2) is 25.1 Å². The lowest BCUT2D eigenvalue weighted by molar-refractivity contribution is -0.157. The first kappa shape index (κ1) is 24.5. The van der Waals surface area contributed by atoms with Crippen LogP contribution in [0.5, 0.6) is 0 Å². The van der Waals surface area contributed by atoms with Gasteiger partial charge in [-0.15, -0.1) is 0 Å². The molecule has 0 saturated heterocycles. The smallest absolute Gasteiger partial charge is 0.324 e. The van der Waals surface area contributed by atoms with E-state index in [0.29, 0.717) is 0 Å². The number of carbonyl (C=O) groups excluding carboxylic acids is 2. The van der Waals surface area contributed by atoms with Crippen molar-refractivity contribution >= 4 is 11.9 Å². The molecule has 1 unspecified atom stereocenters. The molecule has 0 amide bonds. The standard InChI is InChI=1S/C32H29NO4/c1-22(30(34)36-2)29(31(35)37-21-23-13-5-3-6-14-23)33-32(24-15-7-4-8-16-24)27-19-11-9-17-25(27)26-18-10-12-20-28(26)32/h3-20,22,29,33H,21H2,1-2H3/t22?,29-/m0/s1. The molecule has 0 heterocycles. The van der Waals surface area contributed by atoms with E-state index in [2.05, 4.69) is 29.6 Å². The van der Waals surface area contributed by atoms with Gasteiger partial charge in [-0.3, -0.25) is 14.9 Å². The molecule has 5 heteroatoms. The van der Waals surface area contributed by atoms with Gasteiger partial charge in [0.1, 0.15) is 12.6 Å². The topological polar surface area (TPSA) is 64.6 Å².